The Bertz CT molecular complexity index is 2530. The van der Waals surface area contributed by atoms with E-state index in [1.807, 2.05) is 95.9 Å². The predicted octanol–water partition coefficient (Wildman–Crippen LogP) is 11.2. The number of fused-ring (bicyclic) bond motifs is 7. The zero-order chi connectivity index (χ0) is 32.3. The van der Waals surface area contributed by atoms with Gasteiger partial charge in [-0.05, 0) is 77.7 Å². The molecule has 0 unspecified atom stereocenters. The van der Waals surface area contributed by atoms with Gasteiger partial charge in [-0.3, -0.25) is 0 Å². The van der Waals surface area contributed by atoms with Crippen molar-refractivity contribution in [1.29, 1.82) is 10.5 Å². The molecule has 0 saturated carbocycles. The molecule has 6 aromatic carbocycles. The van der Waals surface area contributed by atoms with Gasteiger partial charge < -0.3 is 13.9 Å². The third-order valence-corrected chi connectivity index (χ3v) is 9.02. The van der Waals surface area contributed by atoms with Crippen LogP contribution in [0.5, 0.6) is 0 Å². The molecule has 5 heteroatoms. The van der Waals surface area contributed by atoms with Crippen LogP contribution < -0.4 is 4.90 Å². The third-order valence-electron chi connectivity index (χ3n) is 9.02. The molecule has 0 bridgehead atoms. The van der Waals surface area contributed by atoms with Crippen LogP contribution in [-0.4, -0.2) is 4.57 Å². The largest absolute Gasteiger partial charge is 0.455 e. The van der Waals surface area contributed by atoms with E-state index < -0.39 is 0 Å². The lowest BCUT2D eigenvalue weighted by Gasteiger charge is -2.28. The lowest BCUT2D eigenvalue weighted by molar-refractivity contribution is 0.591. The lowest BCUT2D eigenvalue weighted by atomic mass is 9.86. The number of benzene rings is 6. The van der Waals surface area contributed by atoms with Crippen LogP contribution in [0.3, 0.4) is 0 Å². The molecule has 0 aliphatic heterocycles. The topological polar surface area (TPSA) is 68.9 Å². The fourth-order valence-electron chi connectivity index (χ4n) is 6.77. The molecule has 2 heterocycles. The molecule has 2 aromatic heterocycles. The normalized spacial score (nSPS) is 11.7. The summed E-state index contributed by atoms with van der Waals surface area (Å²) >= 11 is 0. The van der Waals surface area contributed by atoms with E-state index in [4.69, 9.17) is 4.42 Å². The zero-order valence-corrected chi connectivity index (χ0v) is 26.3. The van der Waals surface area contributed by atoms with Gasteiger partial charge in [-0.2, -0.15) is 10.5 Å². The Morgan fingerprint density at radius 3 is 1.96 bits per heavy atom. The summed E-state index contributed by atoms with van der Waals surface area (Å²) in [4.78, 5) is 2.00. The van der Waals surface area contributed by atoms with Crippen LogP contribution in [0.25, 0.3) is 49.4 Å². The van der Waals surface area contributed by atoms with E-state index in [1.54, 1.807) is 0 Å². The number of hydrogen-bond acceptors (Lipinski definition) is 4. The molecule has 0 radical (unpaired) electrons. The average Bonchev–Trinajstić information content (AvgIpc) is 3.64. The van der Waals surface area contributed by atoms with E-state index in [0.29, 0.717) is 22.5 Å². The maximum atomic E-state index is 11.0. The first-order chi connectivity index (χ1) is 22.9. The molecule has 224 valence electrons. The first kappa shape index (κ1) is 28.2. The van der Waals surface area contributed by atoms with E-state index in [1.165, 1.54) is 5.56 Å². The Hall–Kier alpha value is -6.30. The molecule has 0 amide bonds. The zero-order valence-electron chi connectivity index (χ0n) is 26.3. The van der Waals surface area contributed by atoms with Gasteiger partial charge in [0.15, 0.2) is 0 Å². The first-order valence-corrected chi connectivity index (χ1v) is 15.7. The summed E-state index contributed by atoms with van der Waals surface area (Å²) in [6.45, 7) is 6.64. The van der Waals surface area contributed by atoms with Crippen LogP contribution in [0, 0.1) is 22.7 Å². The van der Waals surface area contributed by atoms with E-state index in [-0.39, 0.29) is 5.41 Å². The molecular weight excluding hydrogens is 576 g/mol. The van der Waals surface area contributed by atoms with Crippen LogP contribution in [0.1, 0.15) is 37.5 Å². The van der Waals surface area contributed by atoms with Crippen molar-refractivity contribution in [1.82, 2.24) is 4.57 Å². The SMILES string of the molecule is CC(C)(C)c1ccc2c(c1)c1c3oc4ccccc4c3ccc1n2-c1ccc(C#N)c(N(c2ccccc2)c2ccccc2)c1C#N. The molecule has 0 fully saturated rings. The average molecular weight is 607 g/mol. The molecular formula is C42H30N4O. The van der Waals surface area contributed by atoms with Crippen molar-refractivity contribution in [2.75, 3.05) is 4.90 Å². The monoisotopic (exact) mass is 606 g/mol. The number of furan rings is 1. The smallest absolute Gasteiger partial charge is 0.145 e. The number of para-hydroxylation sites is 3. The van der Waals surface area contributed by atoms with Gasteiger partial charge in [0.2, 0.25) is 0 Å². The molecule has 8 rings (SSSR count). The molecule has 0 aliphatic carbocycles. The van der Waals surface area contributed by atoms with Crippen LogP contribution in [0.15, 0.2) is 132 Å². The summed E-state index contributed by atoms with van der Waals surface area (Å²) in [5, 5.41) is 25.6. The van der Waals surface area contributed by atoms with Crippen molar-refractivity contribution >= 4 is 60.8 Å². The lowest BCUT2D eigenvalue weighted by Crippen LogP contribution is -2.15. The highest BCUT2D eigenvalue weighted by molar-refractivity contribution is 6.24. The minimum atomic E-state index is -0.0737. The van der Waals surface area contributed by atoms with Crippen LogP contribution >= 0.6 is 0 Å². The second-order valence-corrected chi connectivity index (χ2v) is 12.8. The molecule has 47 heavy (non-hydrogen) atoms. The van der Waals surface area contributed by atoms with Crippen molar-refractivity contribution in [3.63, 3.8) is 0 Å². The number of hydrogen-bond donors (Lipinski definition) is 0. The third kappa shape index (κ3) is 4.36. The predicted molar refractivity (Wildman–Crippen MR) is 191 cm³/mol. The van der Waals surface area contributed by atoms with Crippen molar-refractivity contribution in [3.8, 4) is 17.8 Å². The molecule has 5 nitrogen and oxygen atoms in total. The van der Waals surface area contributed by atoms with E-state index >= 15 is 0 Å². The summed E-state index contributed by atoms with van der Waals surface area (Å²) in [5.41, 5.74) is 8.42. The fraction of sp³-hybridized carbons (Fsp3) is 0.0952. The number of rotatable bonds is 4. The van der Waals surface area contributed by atoms with Crippen molar-refractivity contribution in [2.45, 2.75) is 26.2 Å². The Morgan fingerprint density at radius 2 is 1.30 bits per heavy atom. The molecule has 0 spiro atoms. The van der Waals surface area contributed by atoms with Crippen LogP contribution in [0.4, 0.5) is 17.1 Å². The highest BCUT2D eigenvalue weighted by Crippen LogP contribution is 2.45. The van der Waals surface area contributed by atoms with E-state index in [9.17, 15) is 10.5 Å². The van der Waals surface area contributed by atoms with Gasteiger partial charge in [0.05, 0.1) is 33.4 Å². The Labute approximate surface area is 272 Å². The Balaban J connectivity index is 1.51. The Kier molecular flexibility index (Phi) is 6.39. The quantitative estimate of drug-likeness (QED) is 0.200. The standard InChI is InChI=1S/C42H30N4O/c1-42(2,3)28-19-22-35-33(24-28)39-37(23-20-32-31-16-10-11-17-38(31)47-41(32)39)46(35)36-21-18-27(25-43)40(34(36)26-44)45(29-12-6-4-7-13-29)30-14-8-5-9-15-30/h4-24H,1-3H3. The summed E-state index contributed by atoms with van der Waals surface area (Å²) in [5.74, 6) is 0. The van der Waals surface area contributed by atoms with Crippen molar-refractivity contribution in [3.05, 3.63) is 144 Å². The second-order valence-electron chi connectivity index (χ2n) is 12.8. The van der Waals surface area contributed by atoms with Gasteiger partial charge in [0.1, 0.15) is 28.9 Å². The molecule has 8 aromatic rings. The van der Waals surface area contributed by atoms with Gasteiger partial charge in [-0.1, -0.05) is 81.4 Å². The minimum Gasteiger partial charge on any atom is -0.455 e. The van der Waals surface area contributed by atoms with Gasteiger partial charge in [-0.15, -0.1) is 0 Å². The van der Waals surface area contributed by atoms with Crippen LogP contribution in [-0.2, 0) is 5.41 Å². The highest BCUT2D eigenvalue weighted by atomic mass is 16.3. The molecule has 0 saturated heterocycles. The molecule has 0 atom stereocenters. The maximum absolute atomic E-state index is 11.0. The van der Waals surface area contributed by atoms with Crippen molar-refractivity contribution in [2.24, 2.45) is 0 Å². The summed E-state index contributed by atoms with van der Waals surface area (Å²) in [7, 11) is 0. The number of anilines is 3. The molecule has 0 aliphatic rings. The summed E-state index contributed by atoms with van der Waals surface area (Å²) < 4.78 is 8.74. The highest BCUT2D eigenvalue weighted by Gasteiger charge is 2.27. The van der Waals surface area contributed by atoms with Crippen molar-refractivity contribution < 1.29 is 4.42 Å². The number of nitrogens with zero attached hydrogens (tertiary/aromatic N) is 4. The fourth-order valence-corrected chi connectivity index (χ4v) is 6.77. The minimum absolute atomic E-state index is 0.0737. The van der Waals surface area contributed by atoms with E-state index in [2.05, 4.69) is 73.9 Å². The Morgan fingerprint density at radius 1 is 0.638 bits per heavy atom. The maximum Gasteiger partial charge on any atom is 0.145 e. The van der Waals surface area contributed by atoms with E-state index in [0.717, 1.165) is 55.1 Å². The van der Waals surface area contributed by atoms with Gasteiger partial charge >= 0.3 is 0 Å². The summed E-state index contributed by atoms with van der Waals surface area (Å²) in [6.07, 6.45) is 0. The van der Waals surface area contributed by atoms with Gasteiger partial charge in [0, 0.05) is 27.5 Å². The first-order valence-electron chi connectivity index (χ1n) is 15.7. The van der Waals surface area contributed by atoms with Gasteiger partial charge in [0.25, 0.3) is 0 Å². The number of nitriles is 2. The second kappa shape index (κ2) is 10.7. The number of aromatic nitrogens is 1. The van der Waals surface area contributed by atoms with Crippen LogP contribution in [0.2, 0.25) is 0 Å². The summed E-state index contributed by atoms with van der Waals surface area (Å²) in [6, 6.07) is 47.3. The van der Waals surface area contributed by atoms with Gasteiger partial charge in [-0.25, -0.2) is 0 Å². The molecule has 0 N–H and O–H groups in total.